The average Bonchev–Trinajstić information content (AvgIpc) is 3.20. The van der Waals surface area contributed by atoms with Crippen molar-refractivity contribution in [3.05, 3.63) is 78.1 Å². The van der Waals surface area contributed by atoms with E-state index in [-0.39, 0.29) is 4.90 Å². The highest BCUT2D eigenvalue weighted by molar-refractivity contribution is 7.89. The largest absolute Gasteiger partial charge is 0.378 e. The maximum atomic E-state index is 12.4. The number of anilines is 1. The SMILES string of the molecule is CNS(=O)(=O)c1ccccc1-c1ccc2[nH]c(C=Cc3ccc(N(C)C)cc3)nc2c1. The molecule has 4 aromatic rings. The van der Waals surface area contributed by atoms with Crippen LogP contribution in [0.4, 0.5) is 5.69 Å². The molecule has 0 aliphatic rings. The van der Waals surface area contributed by atoms with Crippen LogP contribution in [0.2, 0.25) is 0 Å². The molecule has 0 atom stereocenters. The Morgan fingerprint density at radius 2 is 1.71 bits per heavy atom. The van der Waals surface area contributed by atoms with Crippen LogP contribution in [0.1, 0.15) is 11.4 Å². The molecular formula is C24H24N4O2S. The number of fused-ring (bicyclic) bond motifs is 1. The van der Waals surface area contributed by atoms with E-state index in [4.69, 9.17) is 0 Å². The van der Waals surface area contributed by atoms with Crippen molar-refractivity contribution >= 4 is 38.9 Å². The lowest BCUT2D eigenvalue weighted by molar-refractivity contribution is 0.588. The summed E-state index contributed by atoms with van der Waals surface area (Å²) in [6.07, 6.45) is 3.94. The highest BCUT2D eigenvalue weighted by atomic mass is 32.2. The van der Waals surface area contributed by atoms with Crippen molar-refractivity contribution in [2.24, 2.45) is 0 Å². The summed E-state index contributed by atoms with van der Waals surface area (Å²) >= 11 is 0. The van der Waals surface area contributed by atoms with Crippen LogP contribution in [0.15, 0.2) is 71.6 Å². The van der Waals surface area contributed by atoms with Crippen molar-refractivity contribution in [1.29, 1.82) is 0 Å². The Kier molecular flexibility index (Phi) is 5.63. The number of sulfonamides is 1. The van der Waals surface area contributed by atoms with E-state index in [2.05, 4.69) is 43.9 Å². The second-order valence-corrected chi connectivity index (χ2v) is 9.23. The molecule has 0 radical (unpaired) electrons. The topological polar surface area (TPSA) is 78.1 Å². The number of aromatic nitrogens is 2. The van der Waals surface area contributed by atoms with E-state index in [1.807, 2.05) is 50.5 Å². The highest BCUT2D eigenvalue weighted by Crippen LogP contribution is 2.29. The first-order chi connectivity index (χ1) is 14.9. The first-order valence-corrected chi connectivity index (χ1v) is 11.3. The maximum Gasteiger partial charge on any atom is 0.240 e. The predicted octanol–water partition coefficient (Wildman–Crippen LogP) is 4.37. The van der Waals surface area contributed by atoms with Crippen LogP contribution < -0.4 is 9.62 Å². The zero-order valence-corrected chi connectivity index (χ0v) is 18.4. The van der Waals surface area contributed by atoms with Gasteiger partial charge in [-0.1, -0.05) is 42.5 Å². The minimum absolute atomic E-state index is 0.244. The fourth-order valence-corrected chi connectivity index (χ4v) is 4.33. The van der Waals surface area contributed by atoms with Gasteiger partial charge in [0.15, 0.2) is 0 Å². The van der Waals surface area contributed by atoms with Crippen molar-refractivity contribution in [3.63, 3.8) is 0 Å². The van der Waals surface area contributed by atoms with E-state index in [0.717, 1.165) is 33.7 Å². The molecule has 0 saturated heterocycles. The minimum Gasteiger partial charge on any atom is -0.378 e. The maximum absolute atomic E-state index is 12.4. The summed E-state index contributed by atoms with van der Waals surface area (Å²) in [7, 11) is 1.88. The molecule has 2 N–H and O–H groups in total. The van der Waals surface area contributed by atoms with E-state index < -0.39 is 10.0 Å². The molecule has 31 heavy (non-hydrogen) atoms. The minimum atomic E-state index is -3.57. The molecule has 0 amide bonds. The molecule has 7 heteroatoms. The summed E-state index contributed by atoms with van der Waals surface area (Å²) in [5, 5.41) is 0. The van der Waals surface area contributed by atoms with Gasteiger partial charge in [0.05, 0.1) is 15.9 Å². The Morgan fingerprint density at radius 1 is 0.968 bits per heavy atom. The van der Waals surface area contributed by atoms with Crippen molar-refractivity contribution in [2.45, 2.75) is 4.90 Å². The first kappa shape index (κ1) is 20.8. The van der Waals surface area contributed by atoms with E-state index in [1.54, 1.807) is 18.2 Å². The van der Waals surface area contributed by atoms with Gasteiger partial charge in [-0.2, -0.15) is 0 Å². The lowest BCUT2D eigenvalue weighted by Gasteiger charge is -2.11. The fourth-order valence-electron chi connectivity index (χ4n) is 3.38. The molecule has 0 bridgehead atoms. The number of nitrogens with one attached hydrogen (secondary N) is 2. The van der Waals surface area contributed by atoms with Crippen LogP contribution in [0, 0.1) is 0 Å². The van der Waals surface area contributed by atoms with Gasteiger partial charge in [0.25, 0.3) is 0 Å². The van der Waals surface area contributed by atoms with Crippen LogP contribution in [-0.2, 0) is 10.0 Å². The van der Waals surface area contributed by atoms with Crippen LogP contribution in [0.25, 0.3) is 34.3 Å². The van der Waals surface area contributed by atoms with Crippen molar-refractivity contribution in [3.8, 4) is 11.1 Å². The average molecular weight is 433 g/mol. The summed E-state index contributed by atoms with van der Waals surface area (Å²) in [5.41, 5.74) is 5.33. The number of aromatic amines is 1. The number of hydrogen-bond acceptors (Lipinski definition) is 4. The number of rotatable bonds is 6. The highest BCUT2D eigenvalue weighted by Gasteiger charge is 2.17. The molecule has 158 valence electrons. The molecule has 0 unspecified atom stereocenters. The summed E-state index contributed by atoms with van der Waals surface area (Å²) in [6, 6.07) is 20.9. The van der Waals surface area contributed by atoms with Gasteiger partial charge in [0.2, 0.25) is 10.0 Å². The monoisotopic (exact) mass is 432 g/mol. The van der Waals surface area contributed by atoms with Crippen LogP contribution in [0.3, 0.4) is 0 Å². The predicted molar refractivity (Wildman–Crippen MR) is 127 cm³/mol. The van der Waals surface area contributed by atoms with E-state index in [0.29, 0.717) is 5.56 Å². The number of H-pyrrole nitrogens is 1. The molecule has 1 aromatic heterocycles. The lowest BCUT2D eigenvalue weighted by atomic mass is 10.1. The fraction of sp³-hybridized carbons (Fsp3) is 0.125. The Bertz CT molecular complexity index is 1350. The van der Waals surface area contributed by atoms with Crippen LogP contribution in [0.5, 0.6) is 0 Å². The quantitative estimate of drug-likeness (QED) is 0.474. The van der Waals surface area contributed by atoms with E-state index in [9.17, 15) is 8.42 Å². The van der Waals surface area contributed by atoms with Gasteiger partial charge >= 0.3 is 0 Å². The normalized spacial score (nSPS) is 12.0. The molecule has 1 heterocycles. The smallest absolute Gasteiger partial charge is 0.240 e. The van der Waals surface area contributed by atoms with Gasteiger partial charge in [-0.05, 0) is 54.6 Å². The zero-order chi connectivity index (χ0) is 22.0. The summed E-state index contributed by atoms with van der Waals surface area (Å²) < 4.78 is 27.2. The van der Waals surface area contributed by atoms with Gasteiger partial charge in [-0.15, -0.1) is 0 Å². The van der Waals surface area contributed by atoms with E-state index >= 15 is 0 Å². The standard InChI is InChI=1S/C24H24N4O2S/c1-25-31(29,30)23-7-5-4-6-20(23)18-11-14-21-22(16-18)27-24(26-21)15-10-17-8-12-19(13-9-17)28(2)3/h4-16,25H,1-3H3,(H,26,27). The Morgan fingerprint density at radius 3 is 2.42 bits per heavy atom. The van der Waals surface area contributed by atoms with Crippen molar-refractivity contribution in [1.82, 2.24) is 14.7 Å². The lowest BCUT2D eigenvalue weighted by Crippen LogP contribution is -2.19. The molecule has 0 fully saturated rings. The molecule has 6 nitrogen and oxygen atoms in total. The number of hydrogen-bond donors (Lipinski definition) is 2. The molecule has 0 saturated carbocycles. The van der Waals surface area contributed by atoms with Gasteiger partial charge in [-0.3, -0.25) is 0 Å². The first-order valence-electron chi connectivity index (χ1n) is 9.85. The number of imidazole rings is 1. The Balaban J connectivity index is 1.65. The molecule has 0 aliphatic heterocycles. The van der Waals surface area contributed by atoms with Gasteiger partial charge in [0.1, 0.15) is 5.82 Å². The summed E-state index contributed by atoms with van der Waals surface area (Å²) in [4.78, 5) is 10.3. The van der Waals surface area contributed by atoms with E-state index in [1.165, 1.54) is 7.05 Å². The second kappa shape index (κ2) is 8.37. The van der Waals surface area contributed by atoms with Crippen LogP contribution in [-0.4, -0.2) is 39.5 Å². The summed E-state index contributed by atoms with van der Waals surface area (Å²) in [6.45, 7) is 0. The van der Waals surface area contributed by atoms with Crippen molar-refractivity contribution in [2.75, 3.05) is 26.0 Å². The third-order valence-corrected chi connectivity index (χ3v) is 6.57. The molecule has 0 aliphatic carbocycles. The Hall–Kier alpha value is -3.42. The third kappa shape index (κ3) is 4.38. The molecule has 3 aromatic carbocycles. The van der Waals surface area contributed by atoms with Gasteiger partial charge in [-0.25, -0.2) is 18.1 Å². The molecule has 4 rings (SSSR count). The second-order valence-electron chi connectivity index (χ2n) is 7.38. The molecule has 0 spiro atoms. The molecular weight excluding hydrogens is 408 g/mol. The van der Waals surface area contributed by atoms with Crippen LogP contribution >= 0.6 is 0 Å². The Labute approximate surface area is 182 Å². The zero-order valence-electron chi connectivity index (χ0n) is 17.6. The number of nitrogens with zero attached hydrogens (tertiary/aromatic N) is 2. The van der Waals surface area contributed by atoms with Gasteiger partial charge < -0.3 is 9.88 Å². The third-order valence-electron chi connectivity index (χ3n) is 5.10. The summed E-state index contributed by atoms with van der Waals surface area (Å²) in [5.74, 6) is 0.736. The van der Waals surface area contributed by atoms with Crippen molar-refractivity contribution < 1.29 is 8.42 Å². The van der Waals surface area contributed by atoms with Gasteiger partial charge in [0, 0.05) is 25.3 Å². The number of benzene rings is 3.